The van der Waals surface area contributed by atoms with Gasteiger partial charge in [-0.1, -0.05) is 24.3 Å². The quantitative estimate of drug-likeness (QED) is 0.587. The van der Waals surface area contributed by atoms with Crippen LogP contribution in [0.3, 0.4) is 0 Å². The predicted molar refractivity (Wildman–Crippen MR) is 106 cm³/mol. The lowest BCUT2D eigenvalue weighted by molar-refractivity contribution is 0.994. The molecule has 0 amide bonds. The van der Waals surface area contributed by atoms with Crippen molar-refractivity contribution in [3.63, 3.8) is 0 Å². The minimum atomic E-state index is -0.208. The fourth-order valence-corrected chi connectivity index (χ4v) is 3.41. The number of hydrogen-bond donors (Lipinski definition) is 2. The first kappa shape index (κ1) is 15.6. The lowest BCUT2D eigenvalue weighted by Gasteiger charge is -2.15. The van der Waals surface area contributed by atoms with Crippen LogP contribution in [0.4, 0.5) is 5.69 Å². The molecule has 0 bridgehead atoms. The summed E-state index contributed by atoms with van der Waals surface area (Å²) >= 11 is 0. The van der Waals surface area contributed by atoms with Crippen molar-refractivity contribution in [2.24, 2.45) is 0 Å². The number of fused-ring (bicyclic) bond motifs is 1. The molecule has 6 nitrogen and oxygen atoms in total. The number of aromatic nitrogens is 4. The summed E-state index contributed by atoms with van der Waals surface area (Å²) in [5, 5.41) is 14.8. The molecule has 0 radical (unpaired) electrons. The van der Waals surface area contributed by atoms with E-state index in [-0.39, 0.29) is 5.56 Å². The first-order valence-corrected chi connectivity index (χ1v) is 8.85. The molecule has 0 saturated heterocycles. The number of nitrogens with zero attached hydrogens (tertiary/aromatic N) is 3. The molecular weight excluding hydrogens is 338 g/mol. The average Bonchev–Trinajstić information content (AvgIpc) is 3.40. The van der Waals surface area contributed by atoms with Gasteiger partial charge in [-0.25, -0.2) is 5.10 Å². The van der Waals surface area contributed by atoms with Crippen molar-refractivity contribution in [3.8, 4) is 22.4 Å². The van der Waals surface area contributed by atoms with Crippen molar-refractivity contribution in [1.29, 1.82) is 0 Å². The van der Waals surface area contributed by atoms with Crippen LogP contribution in [0, 0.1) is 0 Å². The highest BCUT2D eigenvalue weighted by Crippen LogP contribution is 2.26. The van der Waals surface area contributed by atoms with Gasteiger partial charge in [0.25, 0.3) is 5.56 Å². The third-order valence-corrected chi connectivity index (χ3v) is 4.87. The highest BCUT2D eigenvalue weighted by atomic mass is 16.1. The molecule has 0 spiro atoms. The topological polar surface area (TPSA) is 77.7 Å². The van der Waals surface area contributed by atoms with E-state index >= 15 is 0 Å². The molecule has 132 valence electrons. The smallest absolute Gasteiger partial charge is 0.272 e. The summed E-state index contributed by atoms with van der Waals surface area (Å²) < 4.78 is 0. The Bertz CT molecular complexity index is 1200. The van der Waals surface area contributed by atoms with E-state index in [2.05, 4.69) is 49.7 Å². The number of aromatic amines is 2. The molecule has 5 rings (SSSR count). The Kier molecular flexibility index (Phi) is 3.60. The van der Waals surface area contributed by atoms with Crippen LogP contribution in [0.1, 0.15) is 6.42 Å². The molecule has 2 aromatic carbocycles. The molecule has 2 aromatic heterocycles. The third kappa shape index (κ3) is 2.81. The van der Waals surface area contributed by atoms with E-state index in [1.165, 1.54) is 0 Å². The summed E-state index contributed by atoms with van der Waals surface area (Å²) in [5.74, 6) is 0. The van der Waals surface area contributed by atoms with E-state index in [0.717, 1.165) is 46.4 Å². The summed E-state index contributed by atoms with van der Waals surface area (Å²) in [6.07, 6.45) is 7.10. The van der Waals surface area contributed by atoms with Crippen LogP contribution >= 0.6 is 0 Å². The van der Waals surface area contributed by atoms with Gasteiger partial charge < -0.3 is 4.90 Å². The second kappa shape index (κ2) is 6.25. The molecule has 27 heavy (non-hydrogen) atoms. The van der Waals surface area contributed by atoms with Crippen molar-refractivity contribution >= 4 is 16.6 Å². The fraction of sp³-hybridized carbons (Fsp3) is 0.0952. The average molecular weight is 355 g/mol. The Morgan fingerprint density at radius 3 is 2.63 bits per heavy atom. The predicted octanol–water partition coefficient (Wildman–Crippen LogP) is 3.70. The van der Waals surface area contributed by atoms with Gasteiger partial charge >= 0.3 is 0 Å². The summed E-state index contributed by atoms with van der Waals surface area (Å²) in [4.78, 5) is 14.6. The van der Waals surface area contributed by atoms with Gasteiger partial charge in [0.15, 0.2) is 0 Å². The van der Waals surface area contributed by atoms with Gasteiger partial charge in [0, 0.05) is 29.4 Å². The monoisotopic (exact) mass is 355 g/mol. The van der Waals surface area contributed by atoms with Gasteiger partial charge in [0.2, 0.25) is 0 Å². The van der Waals surface area contributed by atoms with Crippen LogP contribution in [0.15, 0.2) is 71.8 Å². The highest BCUT2D eigenvalue weighted by molar-refractivity contribution is 5.84. The Morgan fingerprint density at radius 2 is 1.81 bits per heavy atom. The van der Waals surface area contributed by atoms with E-state index in [9.17, 15) is 4.79 Å². The van der Waals surface area contributed by atoms with Gasteiger partial charge in [0.1, 0.15) is 0 Å². The standard InChI is InChI=1S/C21H17N5O/c27-21-18(15-5-8-19-16(11-15)13-22-23-19)12-20(24-25-21)14-3-6-17(7-4-14)26-9-1-2-10-26/h1,3-9,11-13H,2,10H2,(H,22,23)(H,25,27). The van der Waals surface area contributed by atoms with E-state index < -0.39 is 0 Å². The fourth-order valence-electron chi connectivity index (χ4n) is 3.41. The summed E-state index contributed by atoms with van der Waals surface area (Å²) in [7, 11) is 0. The number of H-pyrrole nitrogens is 2. The van der Waals surface area contributed by atoms with Crippen molar-refractivity contribution in [3.05, 3.63) is 77.4 Å². The third-order valence-electron chi connectivity index (χ3n) is 4.87. The number of rotatable bonds is 3. The van der Waals surface area contributed by atoms with Crippen molar-refractivity contribution in [2.75, 3.05) is 11.4 Å². The molecule has 4 aromatic rings. The molecule has 0 fully saturated rings. The maximum Gasteiger partial charge on any atom is 0.272 e. The maximum absolute atomic E-state index is 12.3. The molecular formula is C21H17N5O. The maximum atomic E-state index is 12.3. The Hall–Kier alpha value is -3.67. The first-order valence-electron chi connectivity index (χ1n) is 8.85. The van der Waals surface area contributed by atoms with Gasteiger partial charge in [-0.2, -0.15) is 10.2 Å². The van der Waals surface area contributed by atoms with Crippen molar-refractivity contribution < 1.29 is 0 Å². The number of hydrogen-bond acceptors (Lipinski definition) is 4. The molecule has 3 heterocycles. The molecule has 0 atom stereocenters. The summed E-state index contributed by atoms with van der Waals surface area (Å²) in [5.41, 5.74) is 5.02. The molecule has 1 aliphatic rings. The highest BCUT2D eigenvalue weighted by Gasteiger charge is 2.11. The van der Waals surface area contributed by atoms with Crippen molar-refractivity contribution in [2.45, 2.75) is 6.42 Å². The molecule has 0 aliphatic carbocycles. The SMILES string of the molecule is O=c1[nH]nc(-c2ccc(N3C=CCC3)cc2)cc1-c1ccc2[nH]ncc2c1. The zero-order valence-corrected chi connectivity index (χ0v) is 14.5. The summed E-state index contributed by atoms with van der Waals surface area (Å²) in [6, 6.07) is 15.9. The number of nitrogens with one attached hydrogen (secondary N) is 2. The van der Waals surface area contributed by atoms with Gasteiger partial charge in [0.05, 0.1) is 23.0 Å². The molecule has 1 aliphatic heterocycles. The van der Waals surface area contributed by atoms with Crippen molar-refractivity contribution in [1.82, 2.24) is 20.4 Å². The van der Waals surface area contributed by atoms with Gasteiger partial charge in [-0.15, -0.1) is 0 Å². The Balaban J connectivity index is 1.53. The zero-order chi connectivity index (χ0) is 18.2. The normalized spacial score (nSPS) is 13.6. The van der Waals surface area contributed by atoms with E-state index in [4.69, 9.17) is 0 Å². The second-order valence-electron chi connectivity index (χ2n) is 6.58. The Labute approximate surface area is 155 Å². The molecule has 2 N–H and O–H groups in total. The van der Waals surface area contributed by atoms with Crippen LogP contribution in [0.5, 0.6) is 0 Å². The lowest BCUT2D eigenvalue weighted by Crippen LogP contribution is -2.12. The van der Waals surface area contributed by atoms with Crippen LogP contribution in [-0.2, 0) is 0 Å². The van der Waals surface area contributed by atoms with E-state index in [1.807, 2.05) is 36.4 Å². The van der Waals surface area contributed by atoms with E-state index in [1.54, 1.807) is 6.20 Å². The van der Waals surface area contributed by atoms with Crippen LogP contribution in [0.2, 0.25) is 0 Å². The van der Waals surface area contributed by atoms with Crippen LogP contribution in [0.25, 0.3) is 33.3 Å². The molecule has 0 saturated carbocycles. The first-order chi connectivity index (χ1) is 13.3. The second-order valence-corrected chi connectivity index (χ2v) is 6.58. The van der Waals surface area contributed by atoms with E-state index in [0.29, 0.717) is 5.56 Å². The minimum absolute atomic E-state index is 0.208. The van der Waals surface area contributed by atoms with Gasteiger partial charge in [-0.3, -0.25) is 9.89 Å². The van der Waals surface area contributed by atoms with Crippen LogP contribution in [-0.4, -0.2) is 26.9 Å². The molecule has 6 heteroatoms. The van der Waals surface area contributed by atoms with Gasteiger partial charge in [-0.05, 0) is 42.3 Å². The summed E-state index contributed by atoms with van der Waals surface area (Å²) in [6.45, 7) is 1.01. The zero-order valence-electron chi connectivity index (χ0n) is 14.5. The lowest BCUT2D eigenvalue weighted by atomic mass is 10.0. The Morgan fingerprint density at radius 1 is 0.963 bits per heavy atom. The van der Waals surface area contributed by atoms with Crippen LogP contribution < -0.4 is 10.5 Å². The largest absolute Gasteiger partial charge is 0.348 e. The minimum Gasteiger partial charge on any atom is -0.348 e. The molecule has 0 unspecified atom stereocenters. The number of benzene rings is 2. The number of anilines is 1.